The number of primary amides is 1. The van der Waals surface area contributed by atoms with Crippen molar-refractivity contribution in [3.63, 3.8) is 0 Å². The van der Waals surface area contributed by atoms with Gasteiger partial charge < -0.3 is 31.2 Å². The molecule has 0 bridgehead atoms. The van der Waals surface area contributed by atoms with Gasteiger partial charge in [-0.25, -0.2) is 4.79 Å². The largest absolute Gasteiger partial charge is 0.492 e. The maximum atomic E-state index is 13.7. The fourth-order valence-corrected chi connectivity index (χ4v) is 8.72. The van der Waals surface area contributed by atoms with Crippen molar-refractivity contribution in [2.45, 2.75) is 62.1 Å². The van der Waals surface area contributed by atoms with E-state index >= 15 is 0 Å². The summed E-state index contributed by atoms with van der Waals surface area (Å²) in [6.07, 6.45) is 0.337. The predicted molar refractivity (Wildman–Crippen MR) is 228 cm³/mol. The highest BCUT2D eigenvalue weighted by Gasteiger charge is 2.38. The van der Waals surface area contributed by atoms with Gasteiger partial charge in [-0.3, -0.25) is 9.59 Å². The first-order chi connectivity index (χ1) is 27.4. The molecule has 0 aromatic heterocycles. The van der Waals surface area contributed by atoms with E-state index < -0.39 is 34.3 Å². The Morgan fingerprint density at radius 1 is 0.807 bits per heavy atom. The van der Waals surface area contributed by atoms with Crippen molar-refractivity contribution >= 4 is 41.3 Å². The number of amides is 3. The third-order valence-corrected chi connectivity index (χ3v) is 11.7. The predicted octanol–water partition coefficient (Wildman–Crippen LogP) is 8.20. The molecule has 1 aliphatic heterocycles. The number of carbonyl (C=O) groups is 3. The van der Waals surface area contributed by atoms with Gasteiger partial charge in [0.2, 0.25) is 5.91 Å². The van der Waals surface area contributed by atoms with Gasteiger partial charge in [-0.05, 0) is 61.2 Å². The van der Waals surface area contributed by atoms with E-state index in [1.807, 2.05) is 45.0 Å². The zero-order valence-corrected chi connectivity index (χ0v) is 33.9. The number of fused-ring (bicyclic) bond motifs is 1. The normalized spacial score (nSPS) is 15.0. The summed E-state index contributed by atoms with van der Waals surface area (Å²) in [7, 11) is 0. The number of alkyl carbamates (subject to hydrolysis) is 1. The van der Waals surface area contributed by atoms with Crippen molar-refractivity contribution in [3.05, 3.63) is 172 Å². The molecule has 0 radical (unpaired) electrons. The summed E-state index contributed by atoms with van der Waals surface area (Å²) in [6.45, 7) is 6.28. The first-order valence-corrected chi connectivity index (χ1v) is 20.4. The molecule has 5 N–H and O–H groups in total. The van der Waals surface area contributed by atoms with Gasteiger partial charge in [0.05, 0.1) is 23.0 Å². The lowest BCUT2D eigenvalue weighted by atomic mass is 9.84. The molecule has 1 aliphatic rings. The van der Waals surface area contributed by atoms with Crippen LogP contribution in [0, 0.1) is 0 Å². The van der Waals surface area contributed by atoms with Gasteiger partial charge in [-0.1, -0.05) is 127 Å². The molecule has 6 rings (SSSR count). The average Bonchev–Trinajstić information content (AvgIpc) is 3.20. The molecule has 3 atom stereocenters. The molecule has 11 heteroatoms. The SMILES string of the molecule is CC(C)(C)OC(=O)N[C@H](CNC1CCOc2c(C(=O)N[C@H](Cc3ccc(Cl)cc3)C(N)=O)cccc21)CSC(c1ccccc1)(c1ccccc1)c1ccccc1. The number of nitrogens with one attached hydrogen (secondary N) is 3. The maximum absolute atomic E-state index is 13.7. The van der Waals surface area contributed by atoms with Gasteiger partial charge >= 0.3 is 6.09 Å². The molecular weight excluding hydrogens is 756 g/mol. The zero-order chi connectivity index (χ0) is 40.4. The second-order valence-corrected chi connectivity index (χ2v) is 16.7. The molecule has 3 amide bonds. The summed E-state index contributed by atoms with van der Waals surface area (Å²) >= 11 is 7.79. The Balaban J connectivity index is 1.25. The van der Waals surface area contributed by atoms with Gasteiger partial charge in [0.15, 0.2) is 0 Å². The number of halogens is 1. The molecule has 5 aromatic carbocycles. The van der Waals surface area contributed by atoms with Crippen molar-refractivity contribution < 1.29 is 23.9 Å². The van der Waals surface area contributed by atoms with Crippen LogP contribution in [0.2, 0.25) is 5.02 Å². The third kappa shape index (κ3) is 10.6. The van der Waals surface area contributed by atoms with E-state index in [1.54, 1.807) is 48.2 Å². The van der Waals surface area contributed by atoms with Crippen LogP contribution >= 0.6 is 23.4 Å². The Kier molecular flexibility index (Phi) is 13.6. The fraction of sp³-hybridized carbons (Fsp3) is 0.283. The Labute approximate surface area is 344 Å². The van der Waals surface area contributed by atoms with Crippen LogP contribution in [-0.4, -0.2) is 54.5 Å². The maximum Gasteiger partial charge on any atom is 0.407 e. The molecule has 0 spiro atoms. The third-order valence-electron chi connectivity index (χ3n) is 9.69. The van der Waals surface area contributed by atoms with E-state index in [0.29, 0.717) is 41.7 Å². The molecule has 296 valence electrons. The van der Waals surface area contributed by atoms with E-state index in [-0.39, 0.29) is 18.5 Å². The first-order valence-electron chi connectivity index (χ1n) is 19.1. The smallest absolute Gasteiger partial charge is 0.407 e. The molecule has 0 saturated heterocycles. The summed E-state index contributed by atoms with van der Waals surface area (Å²) in [5, 5.41) is 10.2. The molecule has 0 fully saturated rings. The van der Waals surface area contributed by atoms with Gasteiger partial charge in [0.25, 0.3) is 5.91 Å². The number of thioether (sulfide) groups is 1. The molecular formula is C46H49ClN4O5S. The van der Waals surface area contributed by atoms with Crippen LogP contribution in [0.1, 0.15) is 71.4 Å². The second kappa shape index (κ2) is 18.8. The lowest BCUT2D eigenvalue weighted by Gasteiger charge is -2.37. The fourth-order valence-electron chi connectivity index (χ4n) is 7.04. The van der Waals surface area contributed by atoms with Crippen molar-refractivity contribution in [3.8, 4) is 5.75 Å². The molecule has 9 nitrogen and oxygen atoms in total. The lowest BCUT2D eigenvalue weighted by Crippen LogP contribution is -2.47. The quantitative estimate of drug-likeness (QED) is 0.0785. The zero-order valence-electron chi connectivity index (χ0n) is 32.4. The van der Waals surface area contributed by atoms with Crippen molar-refractivity contribution in [1.29, 1.82) is 0 Å². The molecule has 57 heavy (non-hydrogen) atoms. The molecule has 0 aliphatic carbocycles. The van der Waals surface area contributed by atoms with Gasteiger partial charge in [-0.15, -0.1) is 11.8 Å². The molecule has 0 saturated carbocycles. The van der Waals surface area contributed by atoms with E-state index in [0.717, 1.165) is 27.8 Å². The number of nitrogens with two attached hydrogens (primary N) is 1. The minimum Gasteiger partial charge on any atom is -0.492 e. The van der Waals surface area contributed by atoms with Crippen LogP contribution in [-0.2, 0) is 20.7 Å². The Morgan fingerprint density at radius 3 is 1.93 bits per heavy atom. The number of hydrogen-bond acceptors (Lipinski definition) is 7. The number of hydrogen-bond donors (Lipinski definition) is 4. The summed E-state index contributed by atoms with van der Waals surface area (Å²) in [6, 6.07) is 42.2. The highest BCUT2D eigenvalue weighted by Crippen LogP contribution is 2.48. The lowest BCUT2D eigenvalue weighted by molar-refractivity contribution is -0.119. The average molecular weight is 805 g/mol. The van der Waals surface area contributed by atoms with Crippen molar-refractivity contribution in [2.24, 2.45) is 5.73 Å². The summed E-state index contributed by atoms with van der Waals surface area (Å²) in [4.78, 5) is 39.5. The number of rotatable bonds is 15. The molecule has 1 heterocycles. The number of ether oxygens (including phenoxy) is 2. The van der Waals surface area contributed by atoms with Crippen molar-refractivity contribution in [1.82, 2.24) is 16.0 Å². The Bertz CT molecular complexity index is 2020. The van der Waals surface area contributed by atoms with Crippen LogP contribution in [0.5, 0.6) is 5.75 Å². The number of para-hydroxylation sites is 1. The first kappa shape index (κ1) is 41.3. The highest BCUT2D eigenvalue weighted by atomic mass is 35.5. The van der Waals surface area contributed by atoms with Gasteiger partial charge in [0, 0.05) is 41.8 Å². The second-order valence-electron chi connectivity index (χ2n) is 15.0. The van der Waals surface area contributed by atoms with E-state index in [9.17, 15) is 14.4 Å². The summed E-state index contributed by atoms with van der Waals surface area (Å²) < 4.78 is 11.3. The summed E-state index contributed by atoms with van der Waals surface area (Å²) in [5.41, 5.74) is 10.3. The molecule has 5 aromatic rings. The van der Waals surface area contributed by atoms with Gasteiger partial charge in [-0.2, -0.15) is 0 Å². The van der Waals surface area contributed by atoms with Crippen LogP contribution in [0.15, 0.2) is 133 Å². The standard InChI is InChI=1S/C46H49ClN4O5S/c1-45(2,3)56-44(54)50-36(30-57-46(32-14-7-4-8-15-32,33-16-9-5-10-17-33)34-18-11-6-12-19-34)29-49-39-26-27-55-41-37(39)20-13-21-38(41)43(53)51-40(42(48)52)28-31-22-24-35(47)25-23-31/h4-25,36,39-40,49H,26-30H2,1-3H3,(H2,48,52)(H,50,54)(H,51,53)/t36-,39?,40-/m1/s1. The van der Waals surface area contributed by atoms with Crippen LogP contribution in [0.25, 0.3) is 0 Å². The minimum absolute atomic E-state index is 0.197. The highest BCUT2D eigenvalue weighted by molar-refractivity contribution is 8.00. The number of carbonyl (C=O) groups excluding carboxylic acids is 3. The monoisotopic (exact) mass is 804 g/mol. The van der Waals surface area contributed by atoms with Crippen LogP contribution in [0.4, 0.5) is 4.79 Å². The van der Waals surface area contributed by atoms with Gasteiger partial charge in [0.1, 0.15) is 17.4 Å². The Hall–Kier alpha value is -5.29. The van der Waals surface area contributed by atoms with E-state index in [2.05, 4.69) is 88.7 Å². The van der Waals surface area contributed by atoms with E-state index in [1.165, 1.54) is 0 Å². The topological polar surface area (TPSA) is 132 Å². The Morgan fingerprint density at radius 2 is 1.39 bits per heavy atom. The minimum atomic E-state index is -0.945. The molecule has 1 unspecified atom stereocenters. The van der Waals surface area contributed by atoms with Crippen LogP contribution in [0.3, 0.4) is 0 Å². The van der Waals surface area contributed by atoms with E-state index in [4.69, 9.17) is 26.8 Å². The summed E-state index contributed by atoms with van der Waals surface area (Å²) in [5.74, 6) is -0.160. The van der Waals surface area contributed by atoms with Crippen molar-refractivity contribution in [2.75, 3.05) is 18.9 Å². The van der Waals surface area contributed by atoms with Crippen LogP contribution < -0.4 is 26.4 Å². The number of benzene rings is 5.